The monoisotopic (exact) mass is 348 g/mol. The molecule has 1 aromatic heterocycles. The fourth-order valence-corrected chi connectivity index (χ4v) is 2.05. The van der Waals surface area contributed by atoms with E-state index in [0.717, 1.165) is 6.07 Å². The molecule has 106 valence electrons. The van der Waals surface area contributed by atoms with E-state index < -0.39 is 11.7 Å². The molecule has 2 rings (SSSR count). The highest BCUT2D eigenvalue weighted by atomic mass is 79.9. The minimum Gasteiger partial charge on any atom is -0.372 e. The molecule has 0 aliphatic heterocycles. The van der Waals surface area contributed by atoms with E-state index in [4.69, 9.17) is 5.26 Å². The Balaban J connectivity index is 2.35. The number of nitrogens with one attached hydrogen (secondary N) is 2. The van der Waals surface area contributed by atoms with E-state index in [1.54, 1.807) is 19.3 Å². The van der Waals surface area contributed by atoms with Crippen LogP contribution in [-0.2, 0) is 0 Å². The zero-order chi connectivity index (χ0) is 15.4. The van der Waals surface area contributed by atoms with Gasteiger partial charge in [0.25, 0.3) is 5.91 Å². The first-order chi connectivity index (χ1) is 10.0. The maximum Gasteiger partial charge on any atom is 0.259 e. The number of amides is 1. The number of hydrogen-bond donors (Lipinski definition) is 2. The summed E-state index contributed by atoms with van der Waals surface area (Å²) in [4.78, 5) is 16.4. The summed E-state index contributed by atoms with van der Waals surface area (Å²) in [5.41, 5.74) is 0.600. The number of benzene rings is 1. The minimum absolute atomic E-state index is 0.0531. The molecule has 0 aliphatic carbocycles. The number of pyridine rings is 1. The molecule has 1 amide bonds. The van der Waals surface area contributed by atoms with Gasteiger partial charge in [-0.1, -0.05) is 0 Å². The quantitative estimate of drug-likeness (QED) is 0.892. The lowest BCUT2D eigenvalue weighted by molar-refractivity contribution is 0.102. The van der Waals surface area contributed by atoms with Gasteiger partial charge in [0.15, 0.2) is 0 Å². The predicted molar refractivity (Wildman–Crippen MR) is 80.6 cm³/mol. The maximum absolute atomic E-state index is 13.1. The van der Waals surface area contributed by atoms with Crippen molar-refractivity contribution >= 4 is 33.3 Å². The van der Waals surface area contributed by atoms with Crippen LogP contribution in [-0.4, -0.2) is 17.9 Å². The van der Waals surface area contributed by atoms with E-state index in [0.29, 0.717) is 15.9 Å². The van der Waals surface area contributed by atoms with Crippen LogP contribution >= 0.6 is 15.9 Å². The van der Waals surface area contributed by atoms with Crippen molar-refractivity contribution in [2.24, 2.45) is 0 Å². The number of anilines is 2. The van der Waals surface area contributed by atoms with Gasteiger partial charge >= 0.3 is 0 Å². The van der Waals surface area contributed by atoms with Crippen LogP contribution in [0.15, 0.2) is 34.9 Å². The zero-order valence-electron chi connectivity index (χ0n) is 10.9. The van der Waals surface area contributed by atoms with Crippen molar-refractivity contribution in [3.8, 4) is 6.07 Å². The van der Waals surface area contributed by atoms with E-state index in [2.05, 4.69) is 31.5 Å². The van der Waals surface area contributed by atoms with Gasteiger partial charge < -0.3 is 10.6 Å². The van der Waals surface area contributed by atoms with Gasteiger partial charge in [-0.25, -0.2) is 9.37 Å². The van der Waals surface area contributed by atoms with Gasteiger partial charge in [0.2, 0.25) is 0 Å². The minimum atomic E-state index is -0.537. The Labute approximate surface area is 128 Å². The Bertz CT molecular complexity index is 742. The Morgan fingerprint density at radius 3 is 2.86 bits per heavy atom. The lowest BCUT2D eigenvalue weighted by Crippen LogP contribution is -2.15. The number of aromatic nitrogens is 1. The van der Waals surface area contributed by atoms with Crippen LogP contribution in [0, 0.1) is 17.1 Å². The van der Waals surface area contributed by atoms with Gasteiger partial charge in [-0.05, 0) is 40.2 Å². The average Bonchev–Trinajstić information content (AvgIpc) is 2.48. The van der Waals surface area contributed by atoms with Crippen molar-refractivity contribution in [3.63, 3.8) is 0 Å². The Hall–Kier alpha value is -2.46. The molecule has 21 heavy (non-hydrogen) atoms. The second-order valence-electron chi connectivity index (χ2n) is 4.06. The molecule has 0 aliphatic rings. The van der Waals surface area contributed by atoms with Crippen LogP contribution in [0.2, 0.25) is 0 Å². The summed E-state index contributed by atoms with van der Waals surface area (Å²) < 4.78 is 13.7. The second kappa shape index (κ2) is 6.33. The highest BCUT2D eigenvalue weighted by molar-refractivity contribution is 9.10. The smallest absolute Gasteiger partial charge is 0.259 e. The van der Waals surface area contributed by atoms with Gasteiger partial charge in [0.1, 0.15) is 17.7 Å². The number of carbonyl (C=O) groups is 1. The summed E-state index contributed by atoms with van der Waals surface area (Å²) in [6.45, 7) is 0. The van der Waals surface area contributed by atoms with Crippen molar-refractivity contribution in [2.45, 2.75) is 0 Å². The SMILES string of the molecule is CNc1ncc(Br)cc1C(=O)Nc1ccc(F)cc1C#N. The molecule has 0 unspecified atom stereocenters. The van der Waals surface area contributed by atoms with Crippen molar-refractivity contribution in [3.05, 3.63) is 51.9 Å². The first-order valence-corrected chi connectivity index (χ1v) is 6.68. The van der Waals surface area contributed by atoms with Gasteiger partial charge in [-0.3, -0.25) is 4.79 Å². The third-order valence-electron chi connectivity index (χ3n) is 2.69. The Kier molecular flexibility index (Phi) is 4.50. The molecule has 5 nitrogen and oxygen atoms in total. The van der Waals surface area contributed by atoms with Gasteiger partial charge in [0, 0.05) is 17.7 Å². The fraction of sp³-hybridized carbons (Fsp3) is 0.0714. The van der Waals surface area contributed by atoms with Crippen molar-refractivity contribution in [2.75, 3.05) is 17.7 Å². The molecule has 0 fully saturated rings. The van der Waals surface area contributed by atoms with Crippen LogP contribution < -0.4 is 10.6 Å². The maximum atomic E-state index is 13.1. The third kappa shape index (κ3) is 3.35. The van der Waals surface area contributed by atoms with E-state index in [-0.39, 0.29) is 11.3 Å². The molecule has 0 saturated carbocycles. The molecule has 0 radical (unpaired) electrons. The summed E-state index contributed by atoms with van der Waals surface area (Å²) in [6, 6.07) is 7.02. The number of nitrogens with zero attached hydrogens (tertiary/aromatic N) is 2. The predicted octanol–water partition coefficient (Wildman–Crippen LogP) is 3.15. The summed E-state index contributed by atoms with van der Waals surface area (Å²) in [6.07, 6.45) is 1.56. The summed E-state index contributed by atoms with van der Waals surface area (Å²) >= 11 is 3.24. The standard InChI is InChI=1S/C14H10BrFN4O/c1-18-13-11(5-9(15)7-19-13)14(21)20-12-3-2-10(16)4-8(12)6-17/h2-5,7H,1H3,(H,18,19)(H,20,21). The van der Waals surface area contributed by atoms with Gasteiger partial charge in [0.05, 0.1) is 16.8 Å². The summed E-state index contributed by atoms with van der Waals surface area (Å²) in [5, 5.41) is 14.4. The Morgan fingerprint density at radius 2 is 2.19 bits per heavy atom. The van der Waals surface area contributed by atoms with Crippen LogP contribution in [0.4, 0.5) is 15.9 Å². The van der Waals surface area contributed by atoms with Crippen LogP contribution in [0.5, 0.6) is 0 Å². The molecule has 2 N–H and O–H groups in total. The largest absolute Gasteiger partial charge is 0.372 e. The fourth-order valence-electron chi connectivity index (χ4n) is 1.72. The summed E-state index contributed by atoms with van der Waals surface area (Å²) in [5.74, 6) is -0.586. The first kappa shape index (κ1) is 14.9. The first-order valence-electron chi connectivity index (χ1n) is 5.89. The molecule has 2 aromatic rings. The van der Waals surface area contributed by atoms with Crippen molar-refractivity contribution < 1.29 is 9.18 Å². The van der Waals surface area contributed by atoms with Crippen LogP contribution in [0.1, 0.15) is 15.9 Å². The number of rotatable bonds is 3. The van der Waals surface area contributed by atoms with E-state index in [9.17, 15) is 9.18 Å². The van der Waals surface area contributed by atoms with Crippen LogP contribution in [0.3, 0.4) is 0 Å². The number of nitriles is 1. The molecule has 7 heteroatoms. The molecule has 1 heterocycles. The van der Waals surface area contributed by atoms with Gasteiger partial charge in [-0.15, -0.1) is 0 Å². The topological polar surface area (TPSA) is 77.8 Å². The Morgan fingerprint density at radius 1 is 1.43 bits per heavy atom. The number of hydrogen-bond acceptors (Lipinski definition) is 4. The zero-order valence-corrected chi connectivity index (χ0v) is 12.5. The van der Waals surface area contributed by atoms with E-state index in [1.807, 2.05) is 6.07 Å². The molecule has 0 bridgehead atoms. The number of halogens is 2. The van der Waals surface area contributed by atoms with E-state index >= 15 is 0 Å². The van der Waals surface area contributed by atoms with E-state index in [1.165, 1.54) is 12.1 Å². The lowest BCUT2D eigenvalue weighted by atomic mass is 10.1. The average molecular weight is 349 g/mol. The molecular weight excluding hydrogens is 339 g/mol. The molecule has 0 saturated heterocycles. The normalized spacial score (nSPS) is 9.81. The van der Waals surface area contributed by atoms with Crippen LogP contribution in [0.25, 0.3) is 0 Å². The third-order valence-corrected chi connectivity index (χ3v) is 3.12. The van der Waals surface area contributed by atoms with Crippen molar-refractivity contribution in [1.82, 2.24) is 4.98 Å². The second-order valence-corrected chi connectivity index (χ2v) is 4.97. The summed E-state index contributed by atoms with van der Waals surface area (Å²) in [7, 11) is 1.64. The highest BCUT2D eigenvalue weighted by Gasteiger charge is 2.15. The van der Waals surface area contributed by atoms with Gasteiger partial charge in [-0.2, -0.15) is 5.26 Å². The molecule has 0 spiro atoms. The number of carbonyl (C=O) groups excluding carboxylic acids is 1. The lowest BCUT2D eigenvalue weighted by Gasteiger charge is -2.10. The van der Waals surface area contributed by atoms with Crippen molar-refractivity contribution in [1.29, 1.82) is 5.26 Å². The molecule has 0 atom stereocenters. The molecule has 1 aromatic carbocycles. The molecular formula is C14H10BrFN4O. The highest BCUT2D eigenvalue weighted by Crippen LogP contribution is 2.21.